The van der Waals surface area contributed by atoms with E-state index in [1.54, 1.807) is 17.1 Å². The van der Waals surface area contributed by atoms with Crippen molar-refractivity contribution < 1.29 is 4.79 Å². The Hall–Kier alpha value is -1.05. The van der Waals surface area contributed by atoms with Gasteiger partial charge in [-0.3, -0.25) is 4.79 Å². The molecular formula is C8H13NO. The zero-order valence-electron chi connectivity index (χ0n) is 6.29. The highest BCUT2D eigenvalue weighted by Gasteiger charge is 2.03. The number of carbonyl (C=O) groups is 1. The van der Waals surface area contributed by atoms with Crippen molar-refractivity contribution in [2.45, 2.75) is 13.0 Å². The Labute approximate surface area is 61.8 Å². The Morgan fingerprint density at radius 2 is 2.20 bits per heavy atom. The highest BCUT2D eigenvalue weighted by atomic mass is 16.1. The number of hydrogen-bond acceptors (Lipinski definition) is 1. The normalized spacial score (nSPS) is 11.7. The van der Waals surface area contributed by atoms with Crippen LogP contribution in [0.4, 0.5) is 0 Å². The van der Waals surface area contributed by atoms with Gasteiger partial charge in [0, 0.05) is 12.6 Å². The lowest BCUT2D eigenvalue weighted by Crippen LogP contribution is -2.29. The molecule has 0 rings (SSSR count). The lowest BCUT2D eigenvalue weighted by molar-refractivity contribution is -0.118. The molecule has 0 aromatic rings. The third kappa shape index (κ3) is 2.49. The summed E-state index contributed by atoms with van der Waals surface area (Å²) in [5.74, 6) is 0. The molecule has 1 atom stereocenters. The molecule has 0 aliphatic rings. The first kappa shape index (κ1) is 8.95. The zero-order chi connectivity index (χ0) is 7.98. The van der Waals surface area contributed by atoms with E-state index in [2.05, 4.69) is 13.2 Å². The average molecular weight is 139 g/mol. The Morgan fingerprint density at radius 3 is 2.50 bits per heavy atom. The first-order chi connectivity index (χ1) is 4.76. The minimum absolute atomic E-state index is 0.0931. The highest BCUT2D eigenvalue weighted by molar-refractivity contribution is 5.48. The summed E-state index contributed by atoms with van der Waals surface area (Å²) in [4.78, 5) is 11.9. The molecule has 0 radical (unpaired) electrons. The first-order valence-corrected chi connectivity index (χ1v) is 3.20. The molecule has 0 saturated heterocycles. The third-order valence-electron chi connectivity index (χ3n) is 1.34. The fraction of sp³-hybridized carbons (Fsp3) is 0.375. The predicted octanol–water partition coefficient (Wildman–Crippen LogP) is 1.21. The molecule has 0 N–H and O–H groups in total. The second-order valence-corrected chi connectivity index (χ2v) is 2.07. The Kier molecular flexibility index (Phi) is 4.29. The molecule has 1 unspecified atom stereocenters. The van der Waals surface area contributed by atoms with Gasteiger partial charge in [-0.25, -0.2) is 0 Å². The van der Waals surface area contributed by atoms with Crippen molar-refractivity contribution >= 4 is 6.41 Å². The van der Waals surface area contributed by atoms with E-state index in [4.69, 9.17) is 0 Å². The molecule has 0 aromatic heterocycles. The summed E-state index contributed by atoms with van der Waals surface area (Å²) in [5.41, 5.74) is 0. The number of rotatable bonds is 5. The van der Waals surface area contributed by atoms with Crippen molar-refractivity contribution in [2.75, 3.05) is 6.54 Å². The van der Waals surface area contributed by atoms with Gasteiger partial charge in [0.2, 0.25) is 6.41 Å². The van der Waals surface area contributed by atoms with Crippen molar-refractivity contribution in [1.82, 2.24) is 4.90 Å². The van der Waals surface area contributed by atoms with E-state index in [9.17, 15) is 4.79 Å². The van der Waals surface area contributed by atoms with Gasteiger partial charge < -0.3 is 4.90 Å². The van der Waals surface area contributed by atoms with Gasteiger partial charge in [-0.15, -0.1) is 13.2 Å². The van der Waals surface area contributed by atoms with Crippen LogP contribution in [0, 0.1) is 0 Å². The fourth-order valence-electron chi connectivity index (χ4n) is 0.590. The van der Waals surface area contributed by atoms with Crippen molar-refractivity contribution in [3.63, 3.8) is 0 Å². The Balaban J connectivity index is 3.90. The van der Waals surface area contributed by atoms with Gasteiger partial charge in [-0.1, -0.05) is 12.2 Å². The lowest BCUT2D eigenvalue weighted by atomic mass is 10.3. The summed E-state index contributed by atoms with van der Waals surface area (Å²) in [7, 11) is 0. The molecule has 0 saturated carbocycles. The summed E-state index contributed by atoms with van der Waals surface area (Å²) in [6.07, 6.45) is 4.21. The second kappa shape index (κ2) is 4.79. The third-order valence-corrected chi connectivity index (χ3v) is 1.34. The smallest absolute Gasteiger partial charge is 0.210 e. The molecule has 0 heterocycles. The van der Waals surface area contributed by atoms with Crippen LogP contribution in [0.2, 0.25) is 0 Å². The molecular weight excluding hydrogens is 126 g/mol. The van der Waals surface area contributed by atoms with Crippen LogP contribution in [0.5, 0.6) is 0 Å². The quantitative estimate of drug-likeness (QED) is 0.414. The second-order valence-electron chi connectivity index (χ2n) is 2.07. The van der Waals surface area contributed by atoms with Gasteiger partial charge in [0.25, 0.3) is 0 Å². The van der Waals surface area contributed by atoms with Gasteiger partial charge in [-0.2, -0.15) is 0 Å². The summed E-state index contributed by atoms with van der Waals surface area (Å²) in [6.45, 7) is 9.59. The van der Waals surface area contributed by atoms with Crippen LogP contribution in [0.25, 0.3) is 0 Å². The monoisotopic (exact) mass is 139 g/mol. The predicted molar refractivity (Wildman–Crippen MR) is 42.6 cm³/mol. The van der Waals surface area contributed by atoms with Gasteiger partial charge in [0.1, 0.15) is 0 Å². The minimum Gasteiger partial charge on any atom is -0.335 e. The minimum atomic E-state index is 0.0931. The van der Waals surface area contributed by atoms with Crippen LogP contribution in [-0.2, 0) is 4.79 Å². The van der Waals surface area contributed by atoms with Gasteiger partial charge in [0.05, 0.1) is 0 Å². The van der Waals surface area contributed by atoms with Crippen LogP contribution >= 0.6 is 0 Å². The number of carbonyl (C=O) groups excluding carboxylic acids is 1. The molecule has 0 aliphatic heterocycles. The molecule has 10 heavy (non-hydrogen) atoms. The summed E-state index contributed by atoms with van der Waals surface area (Å²) >= 11 is 0. The number of amides is 1. The first-order valence-electron chi connectivity index (χ1n) is 3.20. The van der Waals surface area contributed by atoms with E-state index in [-0.39, 0.29) is 6.04 Å². The van der Waals surface area contributed by atoms with Crippen LogP contribution in [0.1, 0.15) is 6.92 Å². The Morgan fingerprint density at radius 1 is 1.60 bits per heavy atom. The summed E-state index contributed by atoms with van der Waals surface area (Å²) in [6, 6.07) is 0.0931. The van der Waals surface area contributed by atoms with E-state index in [1.165, 1.54) is 0 Å². The van der Waals surface area contributed by atoms with Crippen molar-refractivity contribution in [1.29, 1.82) is 0 Å². The topological polar surface area (TPSA) is 20.3 Å². The zero-order valence-corrected chi connectivity index (χ0v) is 6.29. The summed E-state index contributed by atoms with van der Waals surface area (Å²) in [5, 5.41) is 0. The highest BCUT2D eigenvalue weighted by Crippen LogP contribution is 1.95. The standard InChI is InChI=1S/C8H13NO/c1-4-6-9(7-10)8(3)5-2/h4-5,7-8H,1-2,6H2,3H3. The van der Waals surface area contributed by atoms with E-state index in [1.807, 2.05) is 6.92 Å². The largest absolute Gasteiger partial charge is 0.335 e. The van der Waals surface area contributed by atoms with Gasteiger partial charge in [-0.05, 0) is 6.92 Å². The molecule has 0 aromatic carbocycles. The van der Waals surface area contributed by atoms with E-state index < -0.39 is 0 Å². The molecule has 0 spiro atoms. The van der Waals surface area contributed by atoms with E-state index >= 15 is 0 Å². The molecule has 56 valence electrons. The Bertz CT molecular complexity index is 131. The molecule has 0 bridgehead atoms. The lowest BCUT2D eigenvalue weighted by Gasteiger charge is -2.19. The van der Waals surface area contributed by atoms with Crippen LogP contribution in [0.3, 0.4) is 0 Å². The van der Waals surface area contributed by atoms with Crippen LogP contribution < -0.4 is 0 Å². The fourth-order valence-corrected chi connectivity index (χ4v) is 0.590. The van der Waals surface area contributed by atoms with Crippen LogP contribution in [-0.4, -0.2) is 23.9 Å². The van der Waals surface area contributed by atoms with Crippen molar-refractivity contribution in [3.8, 4) is 0 Å². The van der Waals surface area contributed by atoms with E-state index in [0.717, 1.165) is 6.41 Å². The number of hydrogen-bond donors (Lipinski definition) is 0. The molecule has 2 nitrogen and oxygen atoms in total. The van der Waals surface area contributed by atoms with E-state index in [0.29, 0.717) is 6.54 Å². The molecule has 2 heteroatoms. The van der Waals surface area contributed by atoms with Crippen LogP contribution in [0.15, 0.2) is 25.3 Å². The van der Waals surface area contributed by atoms with Crippen molar-refractivity contribution in [2.24, 2.45) is 0 Å². The summed E-state index contributed by atoms with van der Waals surface area (Å²) < 4.78 is 0. The van der Waals surface area contributed by atoms with Gasteiger partial charge >= 0.3 is 0 Å². The van der Waals surface area contributed by atoms with Crippen molar-refractivity contribution in [3.05, 3.63) is 25.3 Å². The molecule has 1 amide bonds. The maximum Gasteiger partial charge on any atom is 0.210 e. The molecule has 0 fully saturated rings. The maximum atomic E-state index is 10.3. The average Bonchev–Trinajstić information content (AvgIpc) is 1.99. The van der Waals surface area contributed by atoms with Gasteiger partial charge in [0.15, 0.2) is 0 Å². The SMILES string of the molecule is C=CCN(C=O)C(C)C=C. The molecule has 0 aliphatic carbocycles. The maximum absolute atomic E-state index is 10.3. The number of nitrogens with zero attached hydrogens (tertiary/aromatic N) is 1.